The van der Waals surface area contributed by atoms with Crippen LogP contribution in [-0.4, -0.2) is 30.0 Å². The van der Waals surface area contributed by atoms with Crippen molar-refractivity contribution < 1.29 is 14.3 Å². The first-order valence-corrected chi connectivity index (χ1v) is 10.9. The molecule has 2 heterocycles. The van der Waals surface area contributed by atoms with Gasteiger partial charge in [0.25, 0.3) is 0 Å². The van der Waals surface area contributed by atoms with Gasteiger partial charge in [0.15, 0.2) is 0 Å². The maximum Gasteiger partial charge on any atom is 0.223 e. The predicted molar refractivity (Wildman–Crippen MR) is 119 cm³/mol. The molecule has 1 aliphatic heterocycles. The highest BCUT2D eigenvalue weighted by Gasteiger charge is 2.33. The smallest absolute Gasteiger partial charge is 0.223 e. The molecule has 156 valence electrons. The standard InChI is InChI=1S/C24H26N2O3S/c1-16-14-25-24(30-16)18-8-4-7-17(13-18)15-26-19(9-5-12-22(26)27)23-20(28-2)10-6-11-21(23)29-3/h4,6-8,10-11,13-14,19H,5,9,12,15H2,1-3H3. The molecule has 2 aromatic carbocycles. The van der Waals surface area contributed by atoms with Gasteiger partial charge < -0.3 is 14.4 Å². The number of piperidine rings is 1. The minimum Gasteiger partial charge on any atom is -0.496 e. The summed E-state index contributed by atoms with van der Waals surface area (Å²) in [7, 11) is 3.32. The number of methoxy groups -OCH3 is 2. The Balaban J connectivity index is 1.68. The van der Waals surface area contributed by atoms with E-state index >= 15 is 0 Å². The summed E-state index contributed by atoms with van der Waals surface area (Å²) in [5.74, 6) is 1.67. The van der Waals surface area contributed by atoms with E-state index in [9.17, 15) is 4.79 Å². The fraction of sp³-hybridized carbons (Fsp3) is 0.333. The third-order valence-electron chi connectivity index (χ3n) is 5.51. The molecule has 0 saturated carbocycles. The van der Waals surface area contributed by atoms with Crippen LogP contribution in [0.2, 0.25) is 0 Å². The number of amides is 1. The topological polar surface area (TPSA) is 51.7 Å². The number of rotatable bonds is 6. The normalized spacial score (nSPS) is 16.6. The van der Waals surface area contributed by atoms with Crippen LogP contribution in [0.4, 0.5) is 0 Å². The van der Waals surface area contributed by atoms with E-state index in [0.29, 0.717) is 13.0 Å². The summed E-state index contributed by atoms with van der Waals surface area (Å²) in [5, 5.41) is 1.00. The highest BCUT2D eigenvalue weighted by atomic mass is 32.1. The lowest BCUT2D eigenvalue weighted by Crippen LogP contribution is -2.38. The predicted octanol–water partition coefficient (Wildman–Crippen LogP) is 5.39. The number of aryl methyl sites for hydroxylation is 1. The molecule has 4 rings (SSSR count). The molecular weight excluding hydrogens is 396 g/mol. The van der Waals surface area contributed by atoms with Crippen molar-refractivity contribution in [2.24, 2.45) is 0 Å². The van der Waals surface area contributed by atoms with Crippen molar-refractivity contribution in [1.82, 2.24) is 9.88 Å². The van der Waals surface area contributed by atoms with Crippen molar-refractivity contribution in [2.45, 2.75) is 38.8 Å². The van der Waals surface area contributed by atoms with Gasteiger partial charge in [-0.25, -0.2) is 4.98 Å². The molecule has 30 heavy (non-hydrogen) atoms. The molecule has 1 amide bonds. The Morgan fingerprint density at radius 2 is 1.87 bits per heavy atom. The number of likely N-dealkylation sites (tertiary alicyclic amines) is 1. The molecule has 1 aliphatic rings. The minimum atomic E-state index is -0.0805. The maximum absolute atomic E-state index is 13.0. The molecule has 3 aromatic rings. The summed E-state index contributed by atoms with van der Waals surface area (Å²) < 4.78 is 11.3. The Morgan fingerprint density at radius 1 is 1.13 bits per heavy atom. The van der Waals surface area contributed by atoms with Gasteiger partial charge in [0, 0.05) is 29.6 Å². The molecule has 1 unspecified atom stereocenters. The monoisotopic (exact) mass is 422 g/mol. The van der Waals surface area contributed by atoms with Crippen LogP contribution in [0.3, 0.4) is 0 Å². The summed E-state index contributed by atoms with van der Waals surface area (Å²) >= 11 is 1.68. The molecule has 0 spiro atoms. The van der Waals surface area contributed by atoms with Crippen LogP contribution >= 0.6 is 11.3 Å². The van der Waals surface area contributed by atoms with Crippen LogP contribution in [0, 0.1) is 6.92 Å². The van der Waals surface area contributed by atoms with Crippen molar-refractivity contribution >= 4 is 17.2 Å². The Hall–Kier alpha value is -2.86. The zero-order chi connectivity index (χ0) is 21.1. The third-order valence-corrected chi connectivity index (χ3v) is 6.47. The highest BCUT2D eigenvalue weighted by Crippen LogP contribution is 2.42. The molecular formula is C24H26N2O3S. The number of hydrogen-bond donors (Lipinski definition) is 0. The molecule has 1 aromatic heterocycles. The molecule has 6 heteroatoms. The van der Waals surface area contributed by atoms with Crippen molar-refractivity contribution in [1.29, 1.82) is 0 Å². The number of benzene rings is 2. The van der Waals surface area contributed by atoms with E-state index in [1.165, 1.54) is 4.88 Å². The molecule has 1 saturated heterocycles. The first-order chi connectivity index (χ1) is 14.6. The van der Waals surface area contributed by atoms with Crippen LogP contribution in [-0.2, 0) is 11.3 Å². The van der Waals surface area contributed by atoms with Gasteiger partial charge in [0.1, 0.15) is 16.5 Å². The van der Waals surface area contributed by atoms with Gasteiger partial charge >= 0.3 is 0 Å². The quantitative estimate of drug-likeness (QED) is 0.534. The van der Waals surface area contributed by atoms with E-state index < -0.39 is 0 Å². The second-order valence-corrected chi connectivity index (χ2v) is 8.72. The first-order valence-electron chi connectivity index (χ1n) is 10.1. The Labute approximate surface area is 181 Å². The van der Waals surface area contributed by atoms with Crippen LogP contribution < -0.4 is 9.47 Å². The molecule has 0 N–H and O–H groups in total. The van der Waals surface area contributed by atoms with Crippen LogP contribution in [0.1, 0.15) is 41.3 Å². The zero-order valence-electron chi connectivity index (χ0n) is 17.6. The maximum atomic E-state index is 13.0. The molecule has 0 aliphatic carbocycles. The summed E-state index contributed by atoms with van der Waals surface area (Å²) in [5.41, 5.74) is 3.12. The van der Waals surface area contributed by atoms with E-state index in [-0.39, 0.29) is 11.9 Å². The summed E-state index contributed by atoms with van der Waals surface area (Å²) in [4.78, 5) is 20.6. The second kappa shape index (κ2) is 8.88. The molecule has 1 fully saturated rings. The minimum absolute atomic E-state index is 0.0805. The fourth-order valence-electron chi connectivity index (χ4n) is 4.11. The first kappa shape index (κ1) is 20.4. The number of hydrogen-bond acceptors (Lipinski definition) is 5. The number of ether oxygens (including phenoxy) is 2. The lowest BCUT2D eigenvalue weighted by molar-refractivity contribution is -0.137. The summed E-state index contributed by atoms with van der Waals surface area (Å²) in [6, 6.07) is 14.0. The van der Waals surface area contributed by atoms with Crippen LogP contribution in [0.5, 0.6) is 11.5 Å². The van der Waals surface area contributed by atoms with Gasteiger partial charge in [-0.05, 0) is 43.5 Å². The van der Waals surface area contributed by atoms with Crippen molar-refractivity contribution in [3.63, 3.8) is 0 Å². The molecule has 1 atom stereocenters. The molecule has 5 nitrogen and oxygen atoms in total. The van der Waals surface area contributed by atoms with E-state index in [4.69, 9.17) is 9.47 Å². The van der Waals surface area contributed by atoms with Gasteiger partial charge in [0.05, 0.1) is 25.8 Å². The average Bonchev–Trinajstić information content (AvgIpc) is 3.21. The lowest BCUT2D eigenvalue weighted by atomic mass is 9.92. The van der Waals surface area contributed by atoms with E-state index in [2.05, 4.69) is 30.1 Å². The number of carbonyl (C=O) groups is 1. The number of nitrogens with zero attached hydrogens (tertiary/aromatic N) is 2. The highest BCUT2D eigenvalue weighted by molar-refractivity contribution is 7.14. The van der Waals surface area contributed by atoms with Gasteiger partial charge in [-0.1, -0.05) is 24.3 Å². The van der Waals surface area contributed by atoms with Crippen molar-refractivity contribution in [2.75, 3.05) is 14.2 Å². The van der Waals surface area contributed by atoms with Crippen LogP contribution in [0.15, 0.2) is 48.7 Å². The number of aromatic nitrogens is 1. The van der Waals surface area contributed by atoms with Gasteiger partial charge in [-0.2, -0.15) is 0 Å². The Kier molecular flexibility index (Phi) is 6.04. The fourth-order valence-corrected chi connectivity index (χ4v) is 4.87. The van der Waals surface area contributed by atoms with E-state index in [1.54, 1.807) is 25.6 Å². The van der Waals surface area contributed by atoms with Gasteiger partial charge in [0.2, 0.25) is 5.91 Å². The van der Waals surface area contributed by atoms with E-state index in [1.807, 2.05) is 35.4 Å². The SMILES string of the molecule is COc1cccc(OC)c1C1CCCC(=O)N1Cc1cccc(-c2ncc(C)s2)c1. The van der Waals surface area contributed by atoms with Gasteiger partial charge in [-0.15, -0.1) is 11.3 Å². The van der Waals surface area contributed by atoms with Crippen molar-refractivity contribution in [3.8, 4) is 22.1 Å². The van der Waals surface area contributed by atoms with Crippen molar-refractivity contribution in [3.05, 3.63) is 64.7 Å². The lowest BCUT2D eigenvalue weighted by Gasteiger charge is -2.37. The Bertz CT molecular complexity index is 1020. The number of thiazole rings is 1. The number of carbonyl (C=O) groups excluding carboxylic acids is 1. The molecule has 0 radical (unpaired) electrons. The second-order valence-electron chi connectivity index (χ2n) is 7.48. The third kappa shape index (κ3) is 4.05. The summed E-state index contributed by atoms with van der Waals surface area (Å²) in [6.07, 6.45) is 4.21. The van der Waals surface area contributed by atoms with E-state index in [0.717, 1.165) is 46.0 Å². The summed E-state index contributed by atoms with van der Waals surface area (Å²) in [6.45, 7) is 2.60. The zero-order valence-corrected chi connectivity index (χ0v) is 18.4. The van der Waals surface area contributed by atoms with Crippen LogP contribution in [0.25, 0.3) is 10.6 Å². The average molecular weight is 423 g/mol. The van der Waals surface area contributed by atoms with Gasteiger partial charge in [-0.3, -0.25) is 4.79 Å². The Morgan fingerprint density at radius 3 is 2.53 bits per heavy atom. The largest absolute Gasteiger partial charge is 0.496 e. The molecule has 0 bridgehead atoms.